The summed E-state index contributed by atoms with van der Waals surface area (Å²) in [5, 5.41) is 0. The van der Waals surface area contributed by atoms with Crippen molar-refractivity contribution in [2.45, 2.75) is 12.6 Å². The number of carbonyl (C=O) groups excluding carboxylic acids is 1. The summed E-state index contributed by atoms with van der Waals surface area (Å²) in [5.74, 6) is 0.230. The molecule has 21 heavy (non-hydrogen) atoms. The van der Waals surface area contributed by atoms with Crippen LogP contribution >= 0.6 is 0 Å². The number of fused-ring (bicyclic) bond motifs is 1. The van der Waals surface area contributed by atoms with Crippen LogP contribution in [0.2, 0.25) is 0 Å². The van der Waals surface area contributed by atoms with Gasteiger partial charge in [-0.2, -0.15) is 13.2 Å². The third kappa shape index (κ3) is 2.41. The fraction of sp³-hybridized carbons (Fsp3) is 0.385. The van der Waals surface area contributed by atoms with Crippen molar-refractivity contribution < 1.29 is 18.0 Å². The zero-order chi connectivity index (χ0) is 15.2. The lowest BCUT2D eigenvalue weighted by atomic mass is 10.1. The summed E-state index contributed by atoms with van der Waals surface area (Å²) in [4.78, 5) is 18.4. The van der Waals surface area contributed by atoms with Crippen molar-refractivity contribution in [2.24, 2.45) is 5.73 Å². The van der Waals surface area contributed by atoms with Crippen molar-refractivity contribution in [3.05, 3.63) is 29.0 Å². The van der Waals surface area contributed by atoms with E-state index in [0.29, 0.717) is 25.2 Å². The molecular formula is C13H13F3N4O. The van der Waals surface area contributed by atoms with Crippen molar-refractivity contribution in [3.63, 3.8) is 0 Å². The van der Waals surface area contributed by atoms with Crippen LogP contribution in [-0.2, 0) is 12.6 Å². The van der Waals surface area contributed by atoms with Gasteiger partial charge in [-0.1, -0.05) is 12.2 Å². The maximum Gasteiger partial charge on any atom is 0.417 e. The SMILES string of the molecule is NC(=O)N1CCN(c2cc(C(F)(F)F)c3c(n2)CC=C3)C1. The Hall–Kier alpha value is -2.25. The molecule has 0 radical (unpaired) electrons. The molecule has 112 valence electrons. The Bertz CT molecular complexity index is 627. The van der Waals surface area contributed by atoms with E-state index < -0.39 is 17.8 Å². The van der Waals surface area contributed by atoms with Crippen molar-refractivity contribution >= 4 is 17.9 Å². The predicted octanol–water partition coefficient (Wildman–Crippen LogP) is 1.83. The highest BCUT2D eigenvalue weighted by molar-refractivity contribution is 5.73. The average molecular weight is 298 g/mol. The second kappa shape index (κ2) is 4.64. The van der Waals surface area contributed by atoms with Crippen molar-refractivity contribution in [1.82, 2.24) is 9.88 Å². The third-order valence-corrected chi connectivity index (χ3v) is 3.64. The van der Waals surface area contributed by atoms with Crippen LogP contribution < -0.4 is 10.6 Å². The number of urea groups is 1. The number of hydrogen-bond acceptors (Lipinski definition) is 3. The Kier molecular flexibility index (Phi) is 3.03. The Morgan fingerprint density at radius 2 is 2.10 bits per heavy atom. The number of anilines is 1. The standard InChI is InChI=1S/C13H13F3N4O/c14-13(15,16)9-6-11(18-10-3-1-2-8(9)10)19-4-5-20(7-19)12(17)21/h1-2,6H,3-5,7H2,(H2,17,21). The van der Waals surface area contributed by atoms with Gasteiger partial charge < -0.3 is 15.5 Å². The molecule has 1 fully saturated rings. The average Bonchev–Trinajstić information content (AvgIpc) is 3.05. The third-order valence-electron chi connectivity index (χ3n) is 3.64. The molecule has 2 N–H and O–H groups in total. The molecule has 2 aliphatic rings. The maximum absolute atomic E-state index is 13.2. The molecule has 0 spiro atoms. The van der Waals surface area contributed by atoms with E-state index in [-0.39, 0.29) is 18.1 Å². The Balaban J connectivity index is 1.97. The van der Waals surface area contributed by atoms with E-state index in [1.165, 1.54) is 11.0 Å². The molecule has 1 aromatic heterocycles. The molecule has 1 saturated heterocycles. The normalized spacial score (nSPS) is 17.5. The molecule has 1 aliphatic carbocycles. The van der Waals surface area contributed by atoms with Crippen LogP contribution in [-0.4, -0.2) is 35.7 Å². The van der Waals surface area contributed by atoms with E-state index in [0.717, 1.165) is 6.07 Å². The number of nitrogens with two attached hydrogens (primary N) is 1. The summed E-state index contributed by atoms with van der Waals surface area (Å²) in [6.07, 6.45) is -0.926. The molecule has 0 bridgehead atoms. The van der Waals surface area contributed by atoms with Crippen molar-refractivity contribution in [3.8, 4) is 0 Å². The molecule has 8 heteroatoms. The van der Waals surface area contributed by atoms with Gasteiger partial charge in [0.25, 0.3) is 0 Å². The molecule has 2 amide bonds. The lowest BCUT2D eigenvalue weighted by Crippen LogP contribution is -2.35. The van der Waals surface area contributed by atoms with Gasteiger partial charge in [-0.05, 0) is 6.07 Å². The second-order valence-electron chi connectivity index (χ2n) is 5.00. The van der Waals surface area contributed by atoms with Gasteiger partial charge in [0.1, 0.15) is 5.82 Å². The zero-order valence-electron chi connectivity index (χ0n) is 11.0. The topological polar surface area (TPSA) is 62.5 Å². The minimum Gasteiger partial charge on any atom is -0.351 e. The molecule has 0 atom stereocenters. The van der Waals surface area contributed by atoms with E-state index >= 15 is 0 Å². The van der Waals surface area contributed by atoms with Crippen LogP contribution in [0.3, 0.4) is 0 Å². The summed E-state index contributed by atoms with van der Waals surface area (Å²) >= 11 is 0. The molecule has 0 aromatic carbocycles. The Labute approximate surface area is 118 Å². The summed E-state index contributed by atoms with van der Waals surface area (Å²) < 4.78 is 39.5. The van der Waals surface area contributed by atoms with Gasteiger partial charge in [0.05, 0.1) is 17.9 Å². The quantitative estimate of drug-likeness (QED) is 0.860. The number of aromatic nitrogens is 1. The number of primary amides is 1. The lowest BCUT2D eigenvalue weighted by Gasteiger charge is -2.21. The summed E-state index contributed by atoms with van der Waals surface area (Å²) in [7, 11) is 0. The second-order valence-corrected chi connectivity index (χ2v) is 5.00. The highest BCUT2D eigenvalue weighted by Crippen LogP contribution is 2.38. The summed E-state index contributed by atoms with van der Waals surface area (Å²) in [6, 6.07) is 0.454. The minimum absolute atomic E-state index is 0.136. The molecule has 1 aromatic rings. The number of hydrogen-bond donors (Lipinski definition) is 1. The first kappa shape index (κ1) is 13.7. The number of allylic oxidation sites excluding steroid dienone is 1. The fourth-order valence-corrected chi connectivity index (χ4v) is 2.58. The number of halogens is 3. The summed E-state index contributed by atoms with van der Waals surface area (Å²) in [5.41, 5.74) is 5.04. The smallest absolute Gasteiger partial charge is 0.351 e. The first-order chi connectivity index (χ1) is 9.86. The highest BCUT2D eigenvalue weighted by Gasteiger charge is 2.36. The Morgan fingerprint density at radius 1 is 1.33 bits per heavy atom. The summed E-state index contributed by atoms with van der Waals surface area (Å²) in [6.45, 7) is 0.957. The number of nitrogens with zero attached hydrogens (tertiary/aromatic N) is 3. The van der Waals surface area contributed by atoms with Gasteiger partial charge in [0.2, 0.25) is 0 Å². The molecule has 2 heterocycles. The first-order valence-electron chi connectivity index (χ1n) is 6.43. The van der Waals surface area contributed by atoms with Gasteiger partial charge in [-0.3, -0.25) is 0 Å². The van der Waals surface area contributed by atoms with Gasteiger partial charge in [-0.15, -0.1) is 0 Å². The van der Waals surface area contributed by atoms with Gasteiger partial charge in [0, 0.05) is 25.1 Å². The maximum atomic E-state index is 13.2. The van der Waals surface area contributed by atoms with Crippen molar-refractivity contribution in [1.29, 1.82) is 0 Å². The molecular weight excluding hydrogens is 285 g/mol. The van der Waals surface area contributed by atoms with E-state index in [9.17, 15) is 18.0 Å². The van der Waals surface area contributed by atoms with Crippen LogP contribution in [0.15, 0.2) is 12.1 Å². The number of rotatable bonds is 1. The van der Waals surface area contributed by atoms with Crippen molar-refractivity contribution in [2.75, 3.05) is 24.7 Å². The largest absolute Gasteiger partial charge is 0.417 e. The van der Waals surface area contributed by atoms with Gasteiger partial charge in [-0.25, -0.2) is 9.78 Å². The van der Waals surface area contributed by atoms with Crippen LogP contribution in [0.25, 0.3) is 6.08 Å². The van der Waals surface area contributed by atoms with E-state index in [1.54, 1.807) is 11.0 Å². The molecule has 1 aliphatic heterocycles. The molecule has 3 rings (SSSR count). The predicted molar refractivity (Wildman–Crippen MR) is 70.5 cm³/mol. The number of amides is 2. The van der Waals surface area contributed by atoms with Crippen LogP contribution in [0.5, 0.6) is 0 Å². The van der Waals surface area contributed by atoms with E-state index in [4.69, 9.17) is 5.73 Å². The van der Waals surface area contributed by atoms with Gasteiger partial charge >= 0.3 is 12.2 Å². The van der Waals surface area contributed by atoms with Crippen LogP contribution in [0, 0.1) is 0 Å². The van der Waals surface area contributed by atoms with Gasteiger partial charge in [0.15, 0.2) is 0 Å². The molecule has 0 unspecified atom stereocenters. The number of alkyl halides is 3. The minimum atomic E-state index is -4.43. The highest BCUT2D eigenvalue weighted by atomic mass is 19.4. The zero-order valence-corrected chi connectivity index (χ0v) is 11.0. The number of pyridine rings is 1. The fourth-order valence-electron chi connectivity index (χ4n) is 2.58. The first-order valence-corrected chi connectivity index (χ1v) is 6.43. The van der Waals surface area contributed by atoms with E-state index in [2.05, 4.69) is 4.98 Å². The molecule has 0 saturated carbocycles. The monoisotopic (exact) mass is 298 g/mol. The Morgan fingerprint density at radius 3 is 2.71 bits per heavy atom. The lowest BCUT2D eigenvalue weighted by molar-refractivity contribution is -0.137. The van der Waals surface area contributed by atoms with Crippen LogP contribution in [0.1, 0.15) is 16.8 Å². The molecule has 5 nitrogen and oxygen atoms in total. The van der Waals surface area contributed by atoms with E-state index in [1.807, 2.05) is 0 Å². The number of carbonyl (C=O) groups is 1. The van der Waals surface area contributed by atoms with Crippen LogP contribution in [0.4, 0.5) is 23.8 Å².